The molecule has 0 saturated heterocycles. The Balaban J connectivity index is 2.22. The minimum absolute atomic E-state index is 0.643. The Labute approximate surface area is 92.9 Å². The van der Waals surface area contributed by atoms with Crippen LogP contribution in [0.3, 0.4) is 0 Å². The van der Waals surface area contributed by atoms with Crippen molar-refractivity contribution >= 4 is 5.69 Å². The molecule has 1 aromatic carbocycles. The van der Waals surface area contributed by atoms with Crippen LogP contribution in [-0.4, -0.2) is 6.04 Å². The Morgan fingerprint density at radius 2 is 2.13 bits per heavy atom. The Bertz CT molecular complexity index is 332. The first-order valence-corrected chi connectivity index (χ1v) is 6.06. The largest absolute Gasteiger partial charge is 0.382 e. The number of benzene rings is 1. The molecule has 1 heterocycles. The minimum atomic E-state index is 0.643. The van der Waals surface area contributed by atoms with Gasteiger partial charge in [0, 0.05) is 11.7 Å². The van der Waals surface area contributed by atoms with Gasteiger partial charge in [-0.1, -0.05) is 45.4 Å². The van der Waals surface area contributed by atoms with Gasteiger partial charge in [-0.05, 0) is 29.9 Å². The zero-order chi connectivity index (χ0) is 10.8. The second-order valence-corrected chi connectivity index (χ2v) is 4.89. The van der Waals surface area contributed by atoms with Gasteiger partial charge in [-0.3, -0.25) is 0 Å². The summed E-state index contributed by atoms with van der Waals surface area (Å²) in [4.78, 5) is 0. The maximum Gasteiger partial charge on any atom is 0.0375 e. The van der Waals surface area contributed by atoms with E-state index in [2.05, 4.69) is 50.4 Å². The van der Waals surface area contributed by atoms with E-state index in [-0.39, 0.29) is 0 Å². The van der Waals surface area contributed by atoms with Crippen LogP contribution in [0.15, 0.2) is 24.3 Å². The van der Waals surface area contributed by atoms with Crippen molar-refractivity contribution in [3.8, 4) is 0 Å². The molecule has 2 rings (SSSR count). The lowest BCUT2D eigenvalue weighted by Gasteiger charge is -2.36. The molecule has 1 aliphatic rings. The number of anilines is 1. The van der Waals surface area contributed by atoms with Crippen LogP contribution in [0.4, 0.5) is 5.69 Å². The van der Waals surface area contributed by atoms with Gasteiger partial charge < -0.3 is 5.32 Å². The van der Waals surface area contributed by atoms with Crippen molar-refractivity contribution in [3.63, 3.8) is 0 Å². The number of rotatable bonds is 2. The molecule has 0 saturated carbocycles. The Morgan fingerprint density at radius 1 is 1.40 bits per heavy atom. The molecule has 0 fully saturated rings. The molecule has 0 radical (unpaired) electrons. The molecule has 1 heteroatoms. The van der Waals surface area contributed by atoms with E-state index in [4.69, 9.17) is 0 Å². The first-order valence-electron chi connectivity index (χ1n) is 6.06. The number of para-hydroxylation sites is 1. The molecular formula is C14H21N. The summed E-state index contributed by atoms with van der Waals surface area (Å²) in [6.45, 7) is 6.99. The van der Waals surface area contributed by atoms with Crippen molar-refractivity contribution in [1.82, 2.24) is 0 Å². The van der Waals surface area contributed by atoms with Crippen molar-refractivity contribution in [2.75, 3.05) is 5.32 Å². The quantitative estimate of drug-likeness (QED) is 0.772. The van der Waals surface area contributed by atoms with Gasteiger partial charge >= 0.3 is 0 Å². The highest BCUT2D eigenvalue weighted by Gasteiger charge is 2.27. The Morgan fingerprint density at radius 3 is 2.87 bits per heavy atom. The third-order valence-electron chi connectivity index (χ3n) is 3.75. The van der Waals surface area contributed by atoms with Gasteiger partial charge in [0.25, 0.3) is 0 Å². The van der Waals surface area contributed by atoms with Crippen LogP contribution in [0.1, 0.15) is 32.8 Å². The van der Waals surface area contributed by atoms with Gasteiger partial charge in [0.15, 0.2) is 0 Å². The molecule has 15 heavy (non-hydrogen) atoms. The Kier molecular flexibility index (Phi) is 2.99. The topological polar surface area (TPSA) is 12.0 Å². The van der Waals surface area contributed by atoms with Crippen LogP contribution in [0.25, 0.3) is 0 Å². The number of hydrogen-bond acceptors (Lipinski definition) is 1. The minimum Gasteiger partial charge on any atom is -0.382 e. The summed E-state index contributed by atoms with van der Waals surface area (Å²) in [6, 6.07) is 9.35. The summed E-state index contributed by atoms with van der Waals surface area (Å²) < 4.78 is 0. The van der Waals surface area contributed by atoms with Crippen LogP contribution >= 0.6 is 0 Å². The van der Waals surface area contributed by atoms with Gasteiger partial charge in [-0.2, -0.15) is 0 Å². The highest BCUT2D eigenvalue weighted by atomic mass is 14.9. The van der Waals surface area contributed by atoms with Crippen molar-refractivity contribution in [3.05, 3.63) is 29.8 Å². The van der Waals surface area contributed by atoms with Gasteiger partial charge in [-0.15, -0.1) is 0 Å². The fraction of sp³-hybridized carbons (Fsp3) is 0.571. The SMILES string of the molecule is CCC(C)C1Nc2ccccc2CC1C. The number of nitrogens with one attached hydrogen (secondary N) is 1. The molecule has 1 aromatic rings. The smallest absolute Gasteiger partial charge is 0.0375 e. The van der Waals surface area contributed by atoms with E-state index in [0.29, 0.717) is 6.04 Å². The zero-order valence-corrected chi connectivity index (χ0v) is 9.96. The molecule has 3 atom stereocenters. The molecule has 0 aromatic heterocycles. The van der Waals surface area contributed by atoms with Crippen LogP contribution < -0.4 is 5.32 Å². The van der Waals surface area contributed by atoms with Gasteiger partial charge in [-0.25, -0.2) is 0 Å². The molecule has 0 amide bonds. The van der Waals surface area contributed by atoms with E-state index < -0.39 is 0 Å². The van der Waals surface area contributed by atoms with Gasteiger partial charge in [0.05, 0.1) is 0 Å². The van der Waals surface area contributed by atoms with Crippen molar-refractivity contribution in [1.29, 1.82) is 0 Å². The lowest BCUT2D eigenvalue weighted by atomic mass is 9.81. The Hall–Kier alpha value is -0.980. The molecular weight excluding hydrogens is 182 g/mol. The monoisotopic (exact) mass is 203 g/mol. The van der Waals surface area contributed by atoms with Crippen LogP contribution in [0.2, 0.25) is 0 Å². The highest BCUT2D eigenvalue weighted by molar-refractivity contribution is 5.54. The first-order chi connectivity index (χ1) is 7.22. The van der Waals surface area contributed by atoms with Crippen LogP contribution in [0.5, 0.6) is 0 Å². The molecule has 1 nitrogen and oxygen atoms in total. The van der Waals surface area contributed by atoms with E-state index in [1.807, 2.05) is 0 Å². The molecule has 3 unspecified atom stereocenters. The fourth-order valence-electron chi connectivity index (χ4n) is 2.59. The van der Waals surface area contributed by atoms with Crippen LogP contribution in [-0.2, 0) is 6.42 Å². The van der Waals surface area contributed by atoms with Crippen molar-refractivity contribution in [2.24, 2.45) is 11.8 Å². The summed E-state index contributed by atoms with van der Waals surface area (Å²) in [5.74, 6) is 1.50. The van der Waals surface area contributed by atoms with E-state index in [9.17, 15) is 0 Å². The van der Waals surface area contributed by atoms with E-state index >= 15 is 0 Å². The second kappa shape index (κ2) is 4.26. The maximum absolute atomic E-state index is 3.70. The van der Waals surface area contributed by atoms with E-state index in [0.717, 1.165) is 11.8 Å². The summed E-state index contributed by atoms with van der Waals surface area (Å²) in [6.07, 6.45) is 2.47. The summed E-state index contributed by atoms with van der Waals surface area (Å²) in [5, 5.41) is 3.70. The summed E-state index contributed by atoms with van der Waals surface area (Å²) >= 11 is 0. The second-order valence-electron chi connectivity index (χ2n) is 4.89. The highest BCUT2D eigenvalue weighted by Crippen LogP contribution is 2.31. The molecule has 0 bridgehead atoms. The van der Waals surface area contributed by atoms with Crippen molar-refractivity contribution in [2.45, 2.75) is 39.7 Å². The van der Waals surface area contributed by atoms with Crippen LogP contribution in [0, 0.1) is 11.8 Å². The first kappa shape index (κ1) is 10.5. The standard InChI is InChI=1S/C14H21N/c1-4-10(2)14-11(3)9-12-7-5-6-8-13(12)15-14/h5-8,10-11,14-15H,4,9H2,1-3H3. The number of fused-ring (bicyclic) bond motifs is 1. The van der Waals surface area contributed by atoms with E-state index in [1.165, 1.54) is 24.1 Å². The molecule has 1 aliphatic heterocycles. The predicted molar refractivity (Wildman–Crippen MR) is 66.2 cm³/mol. The predicted octanol–water partition coefficient (Wildman–Crippen LogP) is 3.71. The third-order valence-corrected chi connectivity index (χ3v) is 3.75. The fourth-order valence-corrected chi connectivity index (χ4v) is 2.59. The van der Waals surface area contributed by atoms with Gasteiger partial charge in [0.1, 0.15) is 0 Å². The lowest BCUT2D eigenvalue weighted by Crippen LogP contribution is -2.38. The molecule has 0 aliphatic carbocycles. The maximum atomic E-state index is 3.70. The zero-order valence-electron chi connectivity index (χ0n) is 9.96. The summed E-state index contributed by atoms with van der Waals surface area (Å²) in [7, 11) is 0. The average molecular weight is 203 g/mol. The van der Waals surface area contributed by atoms with E-state index in [1.54, 1.807) is 0 Å². The van der Waals surface area contributed by atoms with Crippen molar-refractivity contribution < 1.29 is 0 Å². The van der Waals surface area contributed by atoms with Gasteiger partial charge in [0.2, 0.25) is 0 Å². The number of hydrogen-bond donors (Lipinski definition) is 1. The molecule has 1 N–H and O–H groups in total. The molecule has 82 valence electrons. The molecule has 0 spiro atoms. The third kappa shape index (κ3) is 2.01. The average Bonchev–Trinajstić information content (AvgIpc) is 2.27. The normalized spacial score (nSPS) is 26.6. The summed E-state index contributed by atoms with van der Waals surface area (Å²) in [5.41, 5.74) is 2.82. The lowest BCUT2D eigenvalue weighted by molar-refractivity contribution is 0.349.